The van der Waals surface area contributed by atoms with Crippen LogP contribution in [-0.4, -0.2) is 49.8 Å². The predicted octanol–water partition coefficient (Wildman–Crippen LogP) is -0.0899. The molecule has 1 unspecified atom stereocenters. The maximum Gasteiger partial charge on any atom is 0.0471 e. The first-order chi connectivity index (χ1) is 5.86. The van der Waals surface area contributed by atoms with Crippen molar-refractivity contribution in [2.75, 3.05) is 39.8 Å². The smallest absolute Gasteiger partial charge is 0.0471 e. The van der Waals surface area contributed by atoms with Crippen molar-refractivity contribution in [3.63, 3.8) is 0 Å². The standard InChI is InChI=1S/C9H20N2O/c1-10-4-6-11-5-2-3-9(7-11)8-12/h9-10,12H,2-8H2,1H3. The third-order valence-corrected chi connectivity index (χ3v) is 2.54. The molecule has 2 N–H and O–H groups in total. The first kappa shape index (κ1) is 9.96. The van der Waals surface area contributed by atoms with Gasteiger partial charge in [0, 0.05) is 26.2 Å². The monoisotopic (exact) mass is 172 g/mol. The fourth-order valence-electron chi connectivity index (χ4n) is 1.77. The fraction of sp³-hybridized carbons (Fsp3) is 1.00. The Balaban J connectivity index is 2.16. The summed E-state index contributed by atoms with van der Waals surface area (Å²) in [6.45, 7) is 4.82. The normalized spacial score (nSPS) is 26.0. The summed E-state index contributed by atoms with van der Waals surface area (Å²) in [6, 6.07) is 0. The Morgan fingerprint density at radius 1 is 1.58 bits per heavy atom. The van der Waals surface area contributed by atoms with Crippen LogP contribution in [-0.2, 0) is 0 Å². The second kappa shape index (κ2) is 5.51. The molecule has 1 rings (SSSR count). The number of hydrogen-bond acceptors (Lipinski definition) is 3. The zero-order valence-electron chi connectivity index (χ0n) is 7.92. The van der Waals surface area contributed by atoms with Crippen molar-refractivity contribution in [1.82, 2.24) is 10.2 Å². The van der Waals surface area contributed by atoms with E-state index in [-0.39, 0.29) is 0 Å². The minimum atomic E-state index is 0.357. The van der Waals surface area contributed by atoms with E-state index in [0.717, 1.165) is 19.6 Å². The molecule has 0 radical (unpaired) electrons. The molecule has 1 heterocycles. The van der Waals surface area contributed by atoms with Gasteiger partial charge in [-0.05, 0) is 32.4 Å². The van der Waals surface area contributed by atoms with Gasteiger partial charge in [0.1, 0.15) is 0 Å². The summed E-state index contributed by atoms with van der Waals surface area (Å²) in [4.78, 5) is 2.43. The number of hydrogen-bond donors (Lipinski definition) is 2. The van der Waals surface area contributed by atoms with E-state index in [9.17, 15) is 0 Å². The van der Waals surface area contributed by atoms with Crippen LogP contribution in [0.4, 0.5) is 0 Å². The summed E-state index contributed by atoms with van der Waals surface area (Å²) in [6.07, 6.45) is 2.45. The van der Waals surface area contributed by atoms with Crippen molar-refractivity contribution in [3.05, 3.63) is 0 Å². The van der Waals surface area contributed by atoms with Gasteiger partial charge in [0.25, 0.3) is 0 Å². The highest BCUT2D eigenvalue weighted by Crippen LogP contribution is 2.14. The zero-order chi connectivity index (χ0) is 8.81. The van der Waals surface area contributed by atoms with Crippen LogP contribution < -0.4 is 5.32 Å². The molecule has 0 aliphatic carbocycles. The fourth-order valence-corrected chi connectivity index (χ4v) is 1.77. The van der Waals surface area contributed by atoms with E-state index in [1.165, 1.54) is 19.4 Å². The van der Waals surface area contributed by atoms with Gasteiger partial charge in [-0.1, -0.05) is 0 Å². The molecule has 1 atom stereocenters. The number of aliphatic hydroxyl groups excluding tert-OH is 1. The molecule has 0 saturated carbocycles. The van der Waals surface area contributed by atoms with E-state index in [4.69, 9.17) is 5.11 Å². The van der Waals surface area contributed by atoms with Gasteiger partial charge in [-0.3, -0.25) is 0 Å². The number of rotatable bonds is 4. The van der Waals surface area contributed by atoms with Crippen molar-refractivity contribution in [2.45, 2.75) is 12.8 Å². The lowest BCUT2D eigenvalue weighted by molar-refractivity contribution is 0.121. The SMILES string of the molecule is CNCCN1CCCC(CO)C1. The van der Waals surface area contributed by atoms with Gasteiger partial charge in [0.2, 0.25) is 0 Å². The molecule has 1 aliphatic heterocycles. The van der Waals surface area contributed by atoms with Crippen LogP contribution >= 0.6 is 0 Å². The van der Waals surface area contributed by atoms with E-state index in [0.29, 0.717) is 12.5 Å². The average molecular weight is 172 g/mol. The molecule has 0 amide bonds. The van der Waals surface area contributed by atoms with Crippen LogP contribution in [0.5, 0.6) is 0 Å². The zero-order valence-corrected chi connectivity index (χ0v) is 7.92. The van der Waals surface area contributed by atoms with Gasteiger partial charge in [0.15, 0.2) is 0 Å². The van der Waals surface area contributed by atoms with Crippen LogP contribution in [0.25, 0.3) is 0 Å². The molecular formula is C9H20N2O. The van der Waals surface area contributed by atoms with Gasteiger partial charge < -0.3 is 15.3 Å². The van der Waals surface area contributed by atoms with Gasteiger partial charge in [0.05, 0.1) is 0 Å². The quantitative estimate of drug-likeness (QED) is 0.622. The molecule has 0 aromatic carbocycles. The molecule has 0 bridgehead atoms. The number of nitrogens with zero attached hydrogens (tertiary/aromatic N) is 1. The first-order valence-electron chi connectivity index (χ1n) is 4.84. The lowest BCUT2D eigenvalue weighted by Crippen LogP contribution is -2.40. The van der Waals surface area contributed by atoms with Crippen LogP contribution in [0.3, 0.4) is 0 Å². The van der Waals surface area contributed by atoms with Gasteiger partial charge >= 0.3 is 0 Å². The Hall–Kier alpha value is -0.120. The molecule has 1 aliphatic rings. The van der Waals surface area contributed by atoms with Crippen molar-refractivity contribution >= 4 is 0 Å². The third-order valence-electron chi connectivity index (χ3n) is 2.54. The number of aliphatic hydroxyl groups is 1. The molecule has 12 heavy (non-hydrogen) atoms. The van der Waals surface area contributed by atoms with Crippen LogP contribution in [0, 0.1) is 5.92 Å². The average Bonchev–Trinajstić information content (AvgIpc) is 2.15. The Bertz CT molecular complexity index is 119. The van der Waals surface area contributed by atoms with Gasteiger partial charge in [-0.2, -0.15) is 0 Å². The number of piperidine rings is 1. The van der Waals surface area contributed by atoms with Crippen LogP contribution in [0.1, 0.15) is 12.8 Å². The van der Waals surface area contributed by atoms with Crippen molar-refractivity contribution < 1.29 is 5.11 Å². The topological polar surface area (TPSA) is 35.5 Å². The molecule has 0 spiro atoms. The van der Waals surface area contributed by atoms with Crippen molar-refractivity contribution in [3.8, 4) is 0 Å². The summed E-state index contributed by atoms with van der Waals surface area (Å²) >= 11 is 0. The number of nitrogens with one attached hydrogen (secondary N) is 1. The van der Waals surface area contributed by atoms with E-state index >= 15 is 0 Å². The van der Waals surface area contributed by atoms with Crippen LogP contribution in [0.15, 0.2) is 0 Å². The van der Waals surface area contributed by atoms with Gasteiger partial charge in [-0.15, -0.1) is 0 Å². The highest BCUT2D eigenvalue weighted by Gasteiger charge is 2.17. The summed E-state index contributed by atoms with van der Waals surface area (Å²) in [5.41, 5.74) is 0. The van der Waals surface area contributed by atoms with Crippen molar-refractivity contribution in [1.29, 1.82) is 0 Å². The second-order valence-corrected chi connectivity index (χ2v) is 3.59. The lowest BCUT2D eigenvalue weighted by Gasteiger charge is -2.31. The molecule has 3 heteroatoms. The maximum absolute atomic E-state index is 8.99. The van der Waals surface area contributed by atoms with Crippen molar-refractivity contribution in [2.24, 2.45) is 5.92 Å². The highest BCUT2D eigenvalue weighted by atomic mass is 16.3. The largest absolute Gasteiger partial charge is 0.396 e. The number of likely N-dealkylation sites (N-methyl/N-ethyl adjacent to an activating group) is 1. The Kier molecular flexibility index (Phi) is 4.58. The Morgan fingerprint density at radius 3 is 3.08 bits per heavy atom. The Labute approximate surface area is 74.8 Å². The number of likely N-dealkylation sites (tertiary alicyclic amines) is 1. The van der Waals surface area contributed by atoms with E-state index < -0.39 is 0 Å². The summed E-state index contributed by atoms with van der Waals surface area (Å²) in [5.74, 6) is 0.524. The lowest BCUT2D eigenvalue weighted by atomic mass is 9.99. The minimum Gasteiger partial charge on any atom is -0.396 e. The molecule has 3 nitrogen and oxygen atoms in total. The van der Waals surface area contributed by atoms with Crippen LogP contribution in [0.2, 0.25) is 0 Å². The molecular weight excluding hydrogens is 152 g/mol. The molecule has 0 aromatic rings. The maximum atomic E-state index is 8.99. The van der Waals surface area contributed by atoms with E-state index in [2.05, 4.69) is 10.2 Å². The summed E-state index contributed by atoms with van der Waals surface area (Å²) in [7, 11) is 1.98. The van der Waals surface area contributed by atoms with E-state index in [1.54, 1.807) is 0 Å². The second-order valence-electron chi connectivity index (χ2n) is 3.59. The third kappa shape index (κ3) is 3.09. The molecule has 1 saturated heterocycles. The highest BCUT2D eigenvalue weighted by molar-refractivity contribution is 4.72. The molecule has 0 aromatic heterocycles. The summed E-state index contributed by atoms with van der Waals surface area (Å²) < 4.78 is 0. The molecule has 1 fully saturated rings. The summed E-state index contributed by atoms with van der Waals surface area (Å²) in [5, 5.41) is 12.1. The molecule has 72 valence electrons. The minimum absolute atomic E-state index is 0.357. The predicted molar refractivity (Wildman–Crippen MR) is 50.2 cm³/mol. The first-order valence-corrected chi connectivity index (χ1v) is 4.84. The van der Waals surface area contributed by atoms with Gasteiger partial charge in [-0.25, -0.2) is 0 Å². The van der Waals surface area contributed by atoms with E-state index in [1.807, 2.05) is 7.05 Å². The Morgan fingerprint density at radius 2 is 2.42 bits per heavy atom.